The molecule has 1 aliphatic heterocycles. The highest BCUT2D eigenvalue weighted by Crippen LogP contribution is 2.23. The van der Waals surface area contributed by atoms with Gasteiger partial charge in [-0.1, -0.05) is 23.4 Å². The van der Waals surface area contributed by atoms with Crippen LogP contribution in [0.15, 0.2) is 66.9 Å². The number of amides is 2. The van der Waals surface area contributed by atoms with Gasteiger partial charge in [0.25, 0.3) is 5.91 Å². The lowest BCUT2D eigenvalue weighted by Gasteiger charge is -2.26. The highest BCUT2D eigenvalue weighted by Gasteiger charge is 2.18. The Kier molecular flexibility index (Phi) is 7.13. The summed E-state index contributed by atoms with van der Waals surface area (Å²) in [4.78, 5) is 35.8. The van der Waals surface area contributed by atoms with Gasteiger partial charge in [0.1, 0.15) is 11.3 Å². The Morgan fingerprint density at radius 2 is 1.80 bits per heavy atom. The number of halogens is 1. The fraction of sp³-hybridized carbons (Fsp3) is 0.267. The number of rotatable bonds is 7. The van der Waals surface area contributed by atoms with Crippen molar-refractivity contribution in [3.63, 3.8) is 0 Å². The number of hydrogen-bond acceptors (Lipinski definition) is 6. The van der Waals surface area contributed by atoms with E-state index >= 15 is 4.39 Å². The maximum atomic E-state index is 15.0. The molecule has 9 nitrogen and oxygen atoms in total. The molecule has 40 heavy (non-hydrogen) atoms. The first-order chi connectivity index (χ1) is 19.5. The number of benzene rings is 2. The van der Waals surface area contributed by atoms with E-state index in [1.165, 1.54) is 12.1 Å². The zero-order valence-electron chi connectivity index (χ0n) is 21.9. The molecule has 4 heterocycles. The molecular formula is C30H28FN7O2. The number of hydrogen-bond donors (Lipinski definition) is 1. The third-order valence-corrected chi connectivity index (χ3v) is 7.20. The minimum atomic E-state index is -0.657. The summed E-state index contributed by atoms with van der Waals surface area (Å²) < 4.78 is 16.7. The molecule has 5 aromatic rings. The van der Waals surface area contributed by atoms with Gasteiger partial charge in [-0.2, -0.15) is 0 Å². The van der Waals surface area contributed by atoms with Crippen molar-refractivity contribution in [2.24, 2.45) is 0 Å². The minimum Gasteiger partial charge on any atom is -0.351 e. The van der Waals surface area contributed by atoms with Crippen molar-refractivity contribution >= 4 is 33.9 Å². The zero-order valence-corrected chi connectivity index (χ0v) is 21.9. The van der Waals surface area contributed by atoms with Crippen LogP contribution in [0.1, 0.15) is 41.6 Å². The number of nitrogens with zero attached hydrogens (tertiary/aromatic N) is 6. The van der Waals surface area contributed by atoms with Gasteiger partial charge in [-0.05, 0) is 67.3 Å². The Morgan fingerprint density at radius 1 is 0.950 bits per heavy atom. The Bertz CT molecular complexity index is 1710. The molecule has 0 saturated carbocycles. The monoisotopic (exact) mass is 537 g/mol. The molecule has 0 aliphatic carbocycles. The smallest absolute Gasteiger partial charge is 0.254 e. The number of aromatic nitrogens is 5. The lowest BCUT2D eigenvalue weighted by atomic mass is 10.1. The first kappa shape index (κ1) is 25.5. The van der Waals surface area contributed by atoms with Crippen molar-refractivity contribution in [2.45, 2.75) is 32.2 Å². The van der Waals surface area contributed by atoms with E-state index in [4.69, 9.17) is 4.98 Å². The summed E-state index contributed by atoms with van der Waals surface area (Å²) in [6, 6.07) is 17.9. The second-order valence-electron chi connectivity index (χ2n) is 9.96. The van der Waals surface area contributed by atoms with Crippen molar-refractivity contribution in [1.82, 2.24) is 35.2 Å². The second kappa shape index (κ2) is 11.2. The SMILES string of the molecule is O=C(NCCC(=O)N1CCCCC1)c1ccc(-c2ccc3nnn(Cc4ccc5ncccc5c4)c3n2)cc1F. The highest BCUT2D eigenvalue weighted by atomic mass is 19.1. The molecule has 202 valence electrons. The molecule has 0 unspecified atom stereocenters. The van der Waals surface area contributed by atoms with Crippen LogP contribution in [-0.4, -0.2) is 61.3 Å². The largest absolute Gasteiger partial charge is 0.351 e. The summed E-state index contributed by atoms with van der Waals surface area (Å²) >= 11 is 0. The van der Waals surface area contributed by atoms with E-state index in [0.29, 0.717) is 29.0 Å². The van der Waals surface area contributed by atoms with Crippen LogP contribution in [0.2, 0.25) is 0 Å². The predicted molar refractivity (Wildman–Crippen MR) is 149 cm³/mol. The van der Waals surface area contributed by atoms with Gasteiger partial charge in [0, 0.05) is 43.2 Å². The van der Waals surface area contributed by atoms with Gasteiger partial charge in [0.05, 0.1) is 23.3 Å². The van der Waals surface area contributed by atoms with Crippen LogP contribution in [0.5, 0.6) is 0 Å². The molecule has 0 bridgehead atoms. The van der Waals surface area contributed by atoms with Gasteiger partial charge in [-0.25, -0.2) is 14.1 Å². The van der Waals surface area contributed by atoms with E-state index in [9.17, 15) is 9.59 Å². The Morgan fingerprint density at radius 3 is 2.65 bits per heavy atom. The van der Waals surface area contributed by atoms with Crippen LogP contribution in [-0.2, 0) is 11.3 Å². The van der Waals surface area contributed by atoms with Crippen LogP contribution >= 0.6 is 0 Å². The van der Waals surface area contributed by atoms with Crippen LogP contribution in [0.25, 0.3) is 33.3 Å². The van der Waals surface area contributed by atoms with Gasteiger partial charge in [-0.15, -0.1) is 5.10 Å². The third-order valence-electron chi connectivity index (χ3n) is 7.20. The first-order valence-corrected chi connectivity index (χ1v) is 13.4. The summed E-state index contributed by atoms with van der Waals surface area (Å²) in [5.74, 6) is -1.19. The van der Waals surface area contributed by atoms with Crippen LogP contribution in [0.4, 0.5) is 4.39 Å². The molecule has 1 aliphatic rings. The normalized spacial score (nSPS) is 13.6. The summed E-state index contributed by atoms with van der Waals surface area (Å²) in [7, 11) is 0. The van der Waals surface area contributed by atoms with Crippen LogP contribution in [0, 0.1) is 5.82 Å². The van der Waals surface area contributed by atoms with E-state index in [1.54, 1.807) is 29.1 Å². The first-order valence-electron chi connectivity index (χ1n) is 13.4. The lowest BCUT2D eigenvalue weighted by molar-refractivity contribution is -0.131. The second-order valence-corrected chi connectivity index (χ2v) is 9.96. The van der Waals surface area contributed by atoms with E-state index in [0.717, 1.165) is 48.8 Å². The molecular weight excluding hydrogens is 509 g/mol. The fourth-order valence-electron chi connectivity index (χ4n) is 5.06. The van der Waals surface area contributed by atoms with Gasteiger partial charge < -0.3 is 10.2 Å². The highest BCUT2D eigenvalue weighted by molar-refractivity contribution is 5.95. The van der Waals surface area contributed by atoms with Crippen molar-refractivity contribution in [2.75, 3.05) is 19.6 Å². The maximum Gasteiger partial charge on any atom is 0.254 e. The van der Waals surface area contributed by atoms with E-state index < -0.39 is 11.7 Å². The Hall–Kier alpha value is -4.73. The molecule has 1 N–H and O–H groups in total. The number of nitrogens with one attached hydrogen (secondary N) is 1. The Balaban J connectivity index is 1.15. The Labute approximate surface area is 230 Å². The van der Waals surface area contributed by atoms with Gasteiger partial charge in [-0.3, -0.25) is 14.6 Å². The number of carbonyl (C=O) groups is 2. The summed E-state index contributed by atoms with van der Waals surface area (Å²) in [5, 5.41) is 12.2. The lowest BCUT2D eigenvalue weighted by Crippen LogP contribution is -2.37. The number of piperidine rings is 1. The van der Waals surface area contributed by atoms with Crippen molar-refractivity contribution in [3.05, 3.63) is 83.8 Å². The van der Waals surface area contributed by atoms with Gasteiger partial charge >= 0.3 is 0 Å². The summed E-state index contributed by atoms with van der Waals surface area (Å²) in [6.45, 7) is 2.16. The molecule has 2 amide bonds. The van der Waals surface area contributed by atoms with Crippen LogP contribution in [0.3, 0.4) is 0 Å². The fourth-order valence-corrected chi connectivity index (χ4v) is 5.06. The molecule has 1 saturated heterocycles. The molecule has 3 aromatic heterocycles. The van der Waals surface area contributed by atoms with E-state index in [2.05, 4.69) is 26.7 Å². The van der Waals surface area contributed by atoms with Crippen molar-refractivity contribution in [3.8, 4) is 11.3 Å². The molecule has 0 spiro atoms. The molecule has 10 heteroatoms. The third kappa shape index (κ3) is 5.38. The minimum absolute atomic E-state index is 0.0173. The topological polar surface area (TPSA) is 106 Å². The molecule has 0 radical (unpaired) electrons. The quantitative estimate of drug-likeness (QED) is 0.331. The number of likely N-dealkylation sites (tertiary alicyclic amines) is 1. The van der Waals surface area contributed by atoms with E-state index in [1.807, 2.05) is 29.2 Å². The van der Waals surface area contributed by atoms with Crippen LogP contribution < -0.4 is 5.32 Å². The van der Waals surface area contributed by atoms with Gasteiger partial charge in [0.2, 0.25) is 5.91 Å². The average molecular weight is 538 g/mol. The van der Waals surface area contributed by atoms with Crippen molar-refractivity contribution in [1.29, 1.82) is 0 Å². The molecule has 0 atom stereocenters. The average Bonchev–Trinajstić information content (AvgIpc) is 3.39. The zero-order chi connectivity index (χ0) is 27.5. The molecule has 1 fully saturated rings. The predicted octanol–water partition coefficient (Wildman–Crippen LogP) is 4.36. The van der Waals surface area contributed by atoms with Crippen molar-refractivity contribution < 1.29 is 14.0 Å². The maximum absolute atomic E-state index is 15.0. The van der Waals surface area contributed by atoms with Gasteiger partial charge in [0.15, 0.2) is 5.65 Å². The summed E-state index contributed by atoms with van der Waals surface area (Å²) in [5.41, 5.74) is 4.13. The summed E-state index contributed by atoms with van der Waals surface area (Å²) in [6.07, 6.45) is 5.13. The molecule has 2 aromatic carbocycles. The number of fused-ring (bicyclic) bond motifs is 2. The molecule has 6 rings (SSSR count). The number of carbonyl (C=O) groups excluding carboxylic acids is 2. The standard InChI is InChI=1S/C30H28FN7O2/c31-24-18-22(7-8-23(24)30(40)33-14-12-28(39)37-15-2-1-3-16-37)26-10-11-27-29(34-26)38(36-35-27)19-20-6-9-25-21(17-20)5-4-13-32-25/h4-11,13,17-18H,1-3,12,14-16,19H2,(H,33,40). The number of pyridine rings is 2. The van der Waals surface area contributed by atoms with E-state index in [-0.39, 0.29) is 24.4 Å².